The smallest absolute Gasteiger partial charge is 0.218 e. The second kappa shape index (κ2) is 5.71. The van der Waals surface area contributed by atoms with E-state index in [9.17, 15) is 9.59 Å². The average molecular weight is 334 g/mol. The molecule has 2 nitrogen and oxygen atoms in total. The SMILES string of the molecule is Cc1ccc(SC2=C(Cl)C(=O)C(Cl)=C(Cl)C2=O)cc1. The first-order valence-corrected chi connectivity index (χ1v) is 7.16. The predicted octanol–water partition coefficient (Wildman–Crippen LogP) is 4.38. The third kappa shape index (κ3) is 2.90. The number of hydrogen-bond donors (Lipinski definition) is 0. The molecule has 0 radical (unpaired) electrons. The molecule has 98 valence electrons. The van der Waals surface area contributed by atoms with Gasteiger partial charge in [0.2, 0.25) is 11.6 Å². The largest absolute Gasteiger partial charge is 0.287 e. The molecule has 19 heavy (non-hydrogen) atoms. The summed E-state index contributed by atoms with van der Waals surface area (Å²) in [7, 11) is 0. The van der Waals surface area contributed by atoms with E-state index in [4.69, 9.17) is 34.8 Å². The lowest BCUT2D eigenvalue weighted by atomic mass is 10.1. The van der Waals surface area contributed by atoms with Gasteiger partial charge in [0.25, 0.3) is 0 Å². The molecule has 0 bridgehead atoms. The summed E-state index contributed by atoms with van der Waals surface area (Å²) >= 11 is 18.4. The standard InChI is InChI=1S/C13H7Cl3O2S/c1-6-2-4-7(5-3-6)19-13-10(16)11(17)8(14)9(15)12(13)18/h2-5H,1H3. The molecular formula is C13H7Cl3O2S. The van der Waals surface area contributed by atoms with Crippen molar-refractivity contribution in [1.82, 2.24) is 0 Å². The number of Topliss-reactive ketones (excluding diaryl/α,β-unsaturated/α-hetero) is 2. The van der Waals surface area contributed by atoms with Crippen LogP contribution in [0, 0.1) is 6.92 Å². The number of rotatable bonds is 2. The number of ketones is 2. The minimum atomic E-state index is -0.623. The summed E-state index contributed by atoms with van der Waals surface area (Å²) in [6.07, 6.45) is 0. The van der Waals surface area contributed by atoms with Crippen LogP contribution in [0.15, 0.2) is 49.2 Å². The Morgan fingerprint density at radius 1 is 0.842 bits per heavy atom. The molecular weight excluding hydrogens is 327 g/mol. The second-order valence-electron chi connectivity index (χ2n) is 3.84. The third-order valence-corrected chi connectivity index (χ3v) is 4.83. The Morgan fingerprint density at radius 3 is 1.95 bits per heavy atom. The lowest BCUT2D eigenvalue weighted by Crippen LogP contribution is -2.16. The molecule has 0 unspecified atom stereocenters. The van der Waals surface area contributed by atoms with Crippen LogP contribution in [0.5, 0.6) is 0 Å². The zero-order valence-electron chi connectivity index (χ0n) is 9.67. The van der Waals surface area contributed by atoms with Crippen LogP contribution < -0.4 is 0 Å². The quantitative estimate of drug-likeness (QED) is 0.753. The number of carbonyl (C=O) groups is 2. The summed E-state index contributed by atoms with van der Waals surface area (Å²) in [4.78, 5) is 24.6. The first-order valence-electron chi connectivity index (χ1n) is 5.20. The summed E-state index contributed by atoms with van der Waals surface area (Å²) in [5.41, 5.74) is 1.09. The highest BCUT2D eigenvalue weighted by molar-refractivity contribution is 8.04. The normalized spacial score (nSPS) is 16.4. The number of aryl methyl sites for hydroxylation is 1. The highest BCUT2D eigenvalue weighted by Crippen LogP contribution is 2.39. The maximum Gasteiger partial charge on any atom is 0.218 e. The molecule has 0 amide bonds. The van der Waals surface area contributed by atoms with Crippen molar-refractivity contribution >= 4 is 58.1 Å². The number of halogens is 3. The third-order valence-electron chi connectivity index (χ3n) is 2.44. The maximum absolute atomic E-state index is 12.0. The minimum Gasteiger partial charge on any atom is -0.287 e. The fourth-order valence-corrected chi connectivity index (χ4v) is 3.06. The van der Waals surface area contributed by atoms with Crippen LogP contribution in [0.1, 0.15) is 5.56 Å². The molecule has 0 spiro atoms. The van der Waals surface area contributed by atoms with E-state index in [1.165, 1.54) is 0 Å². The van der Waals surface area contributed by atoms with Gasteiger partial charge in [-0.05, 0) is 19.1 Å². The van der Waals surface area contributed by atoms with Crippen LogP contribution in [0.3, 0.4) is 0 Å². The number of allylic oxidation sites excluding steroid dienone is 4. The van der Waals surface area contributed by atoms with Crippen molar-refractivity contribution in [2.45, 2.75) is 11.8 Å². The molecule has 1 aliphatic rings. The summed E-state index contributed by atoms with van der Waals surface area (Å²) in [5.74, 6) is -1.15. The van der Waals surface area contributed by atoms with Crippen molar-refractivity contribution in [2.75, 3.05) is 0 Å². The zero-order chi connectivity index (χ0) is 14.2. The number of thioether (sulfide) groups is 1. The van der Waals surface area contributed by atoms with E-state index in [1.54, 1.807) is 0 Å². The Hall–Kier alpha value is -0.740. The molecule has 1 aromatic carbocycles. The van der Waals surface area contributed by atoms with Gasteiger partial charge in [0.15, 0.2) is 0 Å². The molecule has 0 saturated carbocycles. The highest BCUT2D eigenvalue weighted by Gasteiger charge is 2.32. The molecule has 0 aromatic heterocycles. The molecule has 0 heterocycles. The minimum absolute atomic E-state index is 0.102. The van der Waals surface area contributed by atoms with Gasteiger partial charge in [-0.25, -0.2) is 0 Å². The Kier molecular flexibility index (Phi) is 4.41. The van der Waals surface area contributed by atoms with Crippen molar-refractivity contribution < 1.29 is 9.59 Å². The van der Waals surface area contributed by atoms with Crippen LogP contribution >= 0.6 is 46.6 Å². The van der Waals surface area contributed by atoms with Crippen LogP contribution in [-0.4, -0.2) is 11.6 Å². The Balaban J connectivity index is 2.37. The van der Waals surface area contributed by atoms with E-state index < -0.39 is 11.6 Å². The highest BCUT2D eigenvalue weighted by atomic mass is 35.5. The molecule has 1 aliphatic carbocycles. The van der Waals surface area contributed by atoms with Crippen molar-refractivity contribution in [3.05, 3.63) is 49.8 Å². The van der Waals surface area contributed by atoms with E-state index in [0.717, 1.165) is 22.2 Å². The Labute approximate surface area is 129 Å². The Bertz CT molecular complexity index is 630. The van der Waals surface area contributed by atoms with E-state index in [-0.39, 0.29) is 20.0 Å². The molecule has 0 atom stereocenters. The molecule has 2 rings (SSSR count). The second-order valence-corrected chi connectivity index (χ2v) is 6.06. The molecule has 0 saturated heterocycles. The maximum atomic E-state index is 12.0. The fourth-order valence-electron chi connectivity index (χ4n) is 1.41. The summed E-state index contributed by atoms with van der Waals surface area (Å²) < 4.78 is 0. The van der Waals surface area contributed by atoms with Crippen molar-refractivity contribution in [3.8, 4) is 0 Å². The van der Waals surface area contributed by atoms with E-state index in [1.807, 2.05) is 31.2 Å². The molecule has 0 fully saturated rings. The molecule has 0 N–H and O–H groups in total. The van der Waals surface area contributed by atoms with E-state index in [0.29, 0.717) is 0 Å². The van der Waals surface area contributed by atoms with E-state index in [2.05, 4.69) is 0 Å². The lowest BCUT2D eigenvalue weighted by molar-refractivity contribution is -0.114. The fraction of sp³-hybridized carbons (Fsp3) is 0.0769. The lowest BCUT2D eigenvalue weighted by Gasteiger charge is -2.14. The van der Waals surface area contributed by atoms with Gasteiger partial charge in [0.1, 0.15) is 15.1 Å². The van der Waals surface area contributed by atoms with Crippen LogP contribution in [0.2, 0.25) is 0 Å². The summed E-state index contributed by atoms with van der Waals surface area (Å²) in [5, 5.41) is -0.805. The van der Waals surface area contributed by atoms with Crippen molar-refractivity contribution in [3.63, 3.8) is 0 Å². The first-order chi connectivity index (χ1) is 8.91. The van der Waals surface area contributed by atoms with Crippen LogP contribution in [0.25, 0.3) is 0 Å². The summed E-state index contributed by atoms with van der Waals surface area (Å²) in [6.45, 7) is 1.95. The van der Waals surface area contributed by atoms with Gasteiger partial charge in [-0.2, -0.15) is 0 Å². The molecule has 1 aromatic rings. The van der Waals surface area contributed by atoms with Crippen molar-refractivity contribution in [2.24, 2.45) is 0 Å². The molecule has 6 heteroatoms. The average Bonchev–Trinajstić information content (AvgIpc) is 2.41. The van der Waals surface area contributed by atoms with Crippen LogP contribution in [-0.2, 0) is 9.59 Å². The summed E-state index contributed by atoms with van der Waals surface area (Å²) in [6, 6.07) is 7.47. The number of benzene rings is 1. The van der Waals surface area contributed by atoms with Crippen molar-refractivity contribution in [1.29, 1.82) is 0 Å². The topological polar surface area (TPSA) is 34.1 Å². The first kappa shape index (κ1) is 14.7. The van der Waals surface area contributed by atoms with Crippen LogP contribution in [0.4, 0.5) is 0 Å². The predicted molar refractivity (Wildman–Crippen MR) is 78.7 cm³/mol. The molecule has 0 aliphatic heterocycles. The Morgan fingerprint density at radius 2 is 1.37 bits per heavy atom. The number of carbonyl (C=O) groups excluding carboxylic acids is 2. The van der Waals surface area contributed by atoms with Gasteiger partial charge in [0.05, 0.1) is 4.91 Å². The zero-order valence-corrected chi connectivity index (χ0v) is 12.8. The monoisotopic (exact) mass is 332 g/mol. The van der Waals surface area contributed by atoms with Gasteiger partial charge in [-0.15, -0.1) is 0 Å². The van der Waals surface area contributed by atoms with Gasteiger partial charge >= 0.3 is 0 Å². The number of hydrogen-bond acceptors (Lipinski definition) is 3. The van der Waals surface area contributed by atoms with Gasteiger partial charge in [-0.1, -0.05) is 64.3 Å². The van der Waals surface area contributed by atoms with Gasteiger partial charge in [0, 0.05) is 4.90 Å². The van der Waals surface area contributed by atoms with E-state index >= 15 is 0 Å². The van der Waals surface area contributed by atoms with Gasteiger partial charge in [-0.3, -0.25) is 9.59 Å². The van der Waals surface area contributed by atoms with Gasteiger partial charge < -0.3 is 0 Å².